The third-order valence-corrected chi connectivity index (χ3v) is 8.20. The Labute approximate surface area is 219 Å². The Morgan fingerprint density at radius 3 is 2.30 bits per heavy atom. The van der Waals surface area contributed by atoms with E-state index in [1.165, 1.54) is 15.9 Å². The predicted molar refractivity (Wildman–Crippen MR) is 147 cm³/mol. The van der Waals surface area contributed by atoms with Crippen molar-refractivity contribution in [2.24, 2.45) is 5.92 Å². The Balaban J connectivity index is 1.49. The fourth-order valence-electron chi connectivity index (χ4n) is 6.13. The van der Waals surface area contributed by atoms with E-state index in [-0.39, 0.29) is 11.3 Å². The third kappa shape index (κ3) is 4.16. The van der Waals surface area contributed by atoms with Gasteiger partial charge in [-0.3, -0.25) is 0 Å². The van der Waals surface area contributed by atoms with Gasteiger partial charge < -0.3 is 20.2 Å². The second-order valence-corrected chi connectivity index (χ2v) is 11.0. The van der Waals surface area contributed by atoms with E-state index in [9.17, 15) is 15.3 Å². The molecule has 1 saturated carbocycles. The van der Waals surface area contributed by atoms with Crippen LogP contribution < -0.4 is 4.90 Å². The molecule has 0 amide bonds. The van der Waals surface area contributed by atoms with Gasteiger partial charge in [0.25, 0.3) is 0 Å². The zero-order valence-corrected chi connectivity index (χ0v) is 22.3. The summed E-state index contributed by atoms with van der Waals surface area (Å²) in [6.45, 7) is 9.59. The van der Waals surface area contributed by atoms with Crippen LogP contribution in [0.1, 0.15) is 69.7 Å². The second-order valence-electron chi connectivity index (χ2n) is 11.0. The third-order valence-electron chi connectivity index (χ3n) is 8.20. The second kappa shape index (κ2) is 9.99. The Bertz CT molecular complexity index is 1270. The van der Waals surface area contributed by atoms with E-state index in [0.717, 1.165) is 42.9 Å². The van der Waals surface area contributed by atoms with Crippen LogP contribution >= 0.6 is 0 Å². The molecule has 196 valence electrons. The molecule has 2 unspecified atom stereocenters. The van der Waals surface area contributed by atoms with Crippen molar-refractivity contribution in [3.63, 3.8) is 0 Å². The van der Waals surface area contributed by atoms with Crippen molar-refractivity contribution >= 4 is 5.69 Å². The van der Waals surface area contributed by atoms with Crippen LogP contribution in [0.15, 0.2) is 66.4 Å². The van der Waals surface area contributed by atoms with Crippen LogP contribution in [0.4, 0.5) is 5.69 Å². The van der Waals surface area contributed by atoms with E-state index in [2.05, 4.69) is 68.0 Å². The van der Waals surface area contributed by atoms with E-state index >= 15 is 0 Å². The van der Waals surface area contributed by atoms with Gasteiger partial charge in [-0.2, -0.15) is 5.10 Å². The quantitative estimate of drug-likeness (QED) is 0.383. The van der Waals surface area contributed by atoms with Crippen LogP contribution in [-0.2, 0) is 11.8 Å². The number of aromatic nitrogens is 2. The first-order valence-electron chi connectivity index (χ1n) is 13.6. The van der Waals surface area contributed by atoms with Gasteiger partial charge in [0.05, 0.1) is 23.6 Å². The molecule has 2 heterocycles. The van der Waals surface area contributed by atoms with Crippen LogP contribution in [0, 0.1) is 5.92 Å². The molecule has 1 aliphatic heterocycles. The molecule has 0 bridgehead atoms. The lowest BCUT2D eigenvalue weighted by Crippen LogP contribution is -2.53. The van der Waals surface area contributed by atoms with Crippen LogP contribution in [-0.4, -0.2) is 43.9 Å². The average molecular weight is 502 g/mol. The molecule has 1 aliphatic carbocycles. The van der Waals surface area contributed by atoms with Gasteiger partial charge in [-0.1, -0.05) is 83.0 Å². The maximum atomic E-state index is 11.4. The van der Waals surface area contributed by atoms with Gasteiger partial charge >= 0.3 is 0 Å². The molecule has 6 nitrogen and oxygen atoms in total. The van der Waals surface area contributed by atoms with Crippen molar-refractivity contribution < 1.29 is 15.3 Å². The number of fused-ring (bicyclic) bond motifs is 1. The molecule has 37 heavy (non-hydrogen) atoms. The summed E-state index contributed by atoms with van der Waals surface area (Å²) in [5.41, 5.74) is 5.42. The first-order valence-corrected chi connectivity index (χ1v) is 13.6. The number of hydrogen-bond acceptors (Lipinski definition) is 5. The highest BCUT2D eigenvalue weighted by Gasteiger charge is 2.53. The van der Waals surface area contributed by atoms with Gasteiger partial charge in [0.2, 0.25) is 5.88 Å². The summed E-state index contributed by atoms with van der Waals surface area (Å²) >= 11 is 0. The Kier molecular flexibility index (Phi) is 6.90. The highest BCUT2D eigenvalue weighted by Crippen LogP contribution is 2.52. The molecule has 1 aromatic heterocycles. The minimum Gasteiger partial charge on any atom is -0.493 e. The molecule has 0 spiro atoms. The number of unbranched alkanes of at least 4 members (excludes halogenated alkanes) is 1. The lowest BCUT2D eigenvalue weighted by atomic mass is 9.64. The Morgan fingerprint density at radius 2 is 1.62 bits per heavy atom. The monoisotopic (exact) mass is 501 g/mol. The highest BCUT2D eigenvalue weighted by atomic mass is 16.3. The predicted octanol–water partition coefficient (Wildman–Crippen LogP) is 5.45. The summed E-state index contributed by atoms with van der Waals surface area (Å²) in [5.74, 6) is -1.01. The van der Waals surface area contributed by atoms with Crippen molar-refractivity contribution in [2.75, 3.05) is 11.4 Å². The van der Waals surface area contributed by atoms with Crippen LogP contribution in [0.3, 0.4) is 0 Å². The molecule has 0 saturated heterocycles. The number of aliphatic hydroxyl groups excluding tert-OH is 2. The minimum absolute atomic E-state index is 0.00188. The van der Waals surface area contributed by atoms with Gasteiger partial charge in [0, 0.05) is 40.7 Å². The summed E-state index contributed by atoms with van der Waals surface area (Å²) in [7, 11) is 0. The summed E-state index contributed by atoms with van der Waals surface area (Å²) in [6.07, 6.45) is 4.12. The van der Waals surface area contributed by atoms with Gasteiger partial charge in [0.15, 0.2) is 0 Å². The van der Waals surface area contributed by atoms with Crippen molar-refractivity contribution in [1.82, 2.24) is 9.78 Å². The Hall–Kier alpha value is -3.09. The molecular formula is C31H39N3O3. The fourth-order valence-corrected chi connectivity index (χ4v) is 6.13. The standard InChI is InChI=1S/C31H39N3O3/c1-5-7-18-33-24-17-12-11-16-22(24)31(3,4)25(33)19-21-28(35)27(29(21)36)26-23(13-6-2)32-34(30(26)37)20-14-9-8-10-15-20/h8-12,14-17,19,21,27-29,35-37H,5-7,13,18H2,1-4H3. The highest BCUT2D eigenvalue weighted by molar-refractivity contribution is 5.70. The summed E-state index contributed by atoms with van der Waals surface area (Å²) in [4.78, 5) is 2.36. The fraction of sp³-hybridized carbons (Fsp3) is 0.452. The largest absolute Gasteiger partial charge is 0.493 e. The normalized spacial score (nSPS) is 25.4. The van der Waals surface area contributed by atoms with E-state index in [4.69, 9.17) is 0 Å². The summed E-state index contributed by atoms with van der Waals surface area (Å²) in [5, 5.41) is 38.8. The zero-order valence-electron chi connectivity index (χ0n) is 22.3. The van der Waals surface area contributed by atoms with Crippen LogP contribution in [0.5, 0.6) is 5.88 Å². The average Bonchev–Trinajstić information content (AvgIpc) is 3.32. The maximum Gasteiger partial charge on any atom is 0.218 e. The smallest absolute Gasteiger partial charge is 0.218 e. The number of benzene rings is 2. The lowest BCUT2D eigenvalue weighted by molar-refractivity contribution is -0.0956. The van der Waals surface area contributed by atoms with E-state index in [0.29, 0.717) is 12.0 Å². The maximum absolute atomic E-state index is 11.4. The van der Waals surface area contributed by atoms with E-state index in [1.54, 1.807) is 0 Å². The molecule has 3 aromatic rings. The first kappa shape index (κ1) is 25.6. The number of aryl methyl sites for hydroxylation is 1. The molecule has 2 aromatic carbocycles. The molecule has 6 heteroatoms. The van der Waals surface area contributed by atoms with Crippen molar-refractivity contribution in [3.8, 4) is 11.6 Å². The first-order chi connectivity index (χ1) is 17.8. The van der Waals surface area contributed by atoms with Crippen LogP contribution in [0.25, 0.3) is 5.69 Å². The summed E-state index contributed by atoms with van der Waals surface area (Å²) < 4.78 is 1.52. The number of allylic oxidation sites excluding steroid dienone is 1. The zero-order chi connectivity index (χ0) is 26.3. The summed E-state index contributed by atoms with van der Waals surface area (Å²) in [6, 6.07) is 18.0. The van der Waals surface area contributed by atoms with Gasteiger partial charge in [-0.05, 0) is 36.6 Å². The topological polar surface area (TPSA) is 81.8 Å². The van der Waals surface area contributed by atoms with Crippen molar-refractivity contribution in [3.05, 3.63) is 83.2 Å². The molecular weight excluding hydrogens is 462 g/mol. The Morgan fingerprint density at radius 1 is 0.946 bits per heavy atom. The van der Waals surface area contributed by atoms with Crippen molar-refractivity contribution in [1.29, 1.82) is 0 Å². The molecule has 2 atom stereocenters. The molecule has 5 rings (SSSR count). The van der Waals surface area contributed by atoms with Gasteiger partial charge in [-0.25, -0.2) is 4.68 Å². The van der Waals surface area contributed by atoms with Crippen LogP contribution in [0.2, 0.25) is 0 Å². The lowest BCUT2D eigenvalue weighted by Gasteiger charge is -2.46. The van der Waals surface area contributed by atoms with Gasteiger partial charge in [-0.15, -0.1) is 0 Å². The SMILES string of the molecule is CCCCN1C(=CC2C(O)C(c3c(CCC)nn(-c4ccccc4)c3O)C2O)C(C)(C)c2ccccc21. The van der Waals surface area contributed by atoms with E-state index < -0.39 is 24.0 Å². The number of hydrogen-bond donors (Lipinski definition) is 3. The number of nitrogens with zero attached hydrogens (tertiary/aromatic N) is 3. The number of rotatable bonds is 8. The molecule has 1 fully saturated rings. The van der Waals surface area contributed by atoms with E-state index in [1.807, 2.05) is 30.3 Å². The van der Waals surface area contributed by atoms with Crippen molar-refractivity contribution in [2.45, 2.75) is 76.9 Å². The number of aromatic hydroxyl groups is 1. The molecule has 0 radical (unpaired) electrons. The van der Waals surface area contributed by atoms with Gasteiger partial charge in [0.1, 0.15) is 0 Å². The number of anilines is 1. The molecule has 2 aliphatic rings. The number of aliphatic hydroxyl groups is 2. The number of para-hydroxylation sites is 2. The minimum atomic E-state index is -0.815. The molecule has 3 N–H and O–H groups in total.